The Hall–Kier alpha value is -1.79. The standard InChI is InChI=1S/C15H21N5O/c1-12-15(11-16-2,8-9-21-12)10-14-17-18-19-20(14)13-6-4-3-5-7-13/h3-7,12,16H,8-11H2,1-2H3. The number of tetrazole rings is 1. The molecule has 6 nitrogen and oxygen atoms in total. The lowest BCUT2D eigenvalue weighted by atomic mass is 9.78. The Morgan fingerprint density at radius 3 is 2.86 bits per heavy atom. The van der Waals surface area contributed by atoms with E-state index in [2.05, 4.69) is 27.8 Å². The van der Waals surface area contributed by atoms with Crippen molar-refractivity contribution >= 4 is 0 Å². The molecule has 6 heteroatoms. The third kappa shape index (κ3) is 2.69. The molecule has 1 N–H and O–H groups in total. The van der Waals surface area contributed by atoms with E-state index in [0.29, 0.717) is 0 Å². The van der Waals surface area contributed by atoms with Gasteiger partial charge in [0, 0.05) is 25.0 Å². The highest BCUT2D eigenvalue weighted by atomic mass is 16.5. The minimum Gasteiger partial charge on any atom is -0.378 e. The summed E-state index contributed by atoms with van der Waals surface area (Å²) >= 11 is 0. The molecule has 3 rings (SSSR count). The van der Waals surface area contributed by atoms with Crippen molar-refractivity contribution in [2.75, 3.05) is 20.2 Å². The van der Waals surface area contributed by atoms with E-state index in [9.17, 15) is 0 Å². The lowest BCUT2D eigenvalue weighted by Gasteiger charge is -2.31. The lowest BCUT2D eigenvalue weighted by Crippen LogP contribution is -2.40. The van der Waals surface area contributed by atoms with Gasteiger partial charge in [-0.15, -0.1) is 5.10 Å². The van der Waals surface area contributed by atoms with Crippen LogP contribution in [0.25, 0.3) is 5.69 Å². The van der Waals surface area contributed by atoms with Crippen LogP contribution in [-0.2, 0) is 11.2 Å². The van der Waals surface area contributed by atoms with Gasteiger partial charge >= 0.3 is 0 Å². The van der Waals surface area contributed by atoms with Crippen LogP contribution in [0.15, 0.2) is 30.3 Å². The van der Waals surface area contributed by atoms with Gasteiger partial charge in [0.15, 0.2) is 5.82 Å². The molecule has 1 aliphatic rings. The molecule has 0 radical (unpaired) electrons. The summed E-state index contributed by atoms with van der Waals surface area (Å²) in [4.78, 5) is 0. The second kappa shape index (κ2) is 5.91. The van der Waals surface area contributed by atoms with Crippen molar-refractivity contribution in [2.24, 2.45) is 5.41 Å². The highest BCUT2D eigenvalue weighted by Gasteiger charge is 2.42. The molecule has 1 aliphatic heterocycles. The van der Waals surface area contributed by atoms with E-state index in [-0.39, 0.29) is 11.5 Å². The Kier molecular flexibility index (Phi) is 3.98. The van der Waals surface area contributed by atoms with Crippen molar-refractivity contribution in [2.45, 2.75) is 25.9 Å². The highest BCUT2D eigenvalue weighted by Crippen LogP contribution is 2.37. The summed E-state index contributed by atoms with van der Waals surface area (Å²) < 4.78 is 7.62. The number of rotatable bonds is 5. The van der Waals surface area contributed by atoms with E-state index in [1.54, 1.807) is 0 Å². The molecule has 2 atom stereocenters. The van der Waals surface area contributed by atoms with Crippen LogP contribution in [0.3, 0.4) is 0 Å². The first-order chi connectivity index (χ1) is 10.2. The summed E-state index contributed by atoms with van der Waals surface area (Å²) in [5.41, 5.74) is 1.04. The Morgan fingerprint density at radius 1 is 1.38 bits per heavy atom. The number of ether oxygens (including phenoxy) is 1. The molecule has 0 aliphatic carbocycles. The summed E-state index contributed by atoms with van der Waals surface area (Å²) in [6.45, 7) is 3.84. The molecule has 1 aromatic carbocycles. The van der Waals surface area contributed by atoms with Gasteiger partial charge < -0.3 is 10.1 Å². The van der Waals surface area contributed by atoms with E-state index in [4.69, 9.17) is 4.74 Å². The van der Waals surface area contributed by atoms with Crippen molar-refractivity contribution in [3.05, 3.63) is 36.2 Å². The van der Waals surface area contributed by atoms with Crippen LogP contribution in [0, 0.1) is 5.41 Å². The molecular formula is C15H21N5O. The molecular weight excluding hydrogens is 266 g/mol. The van der Waals surface area contributed by atoms with Gasteiger partial charge in [-0.05, 0) is 43.0 Å². The van der Waals surface area contributed by atoms with Crippen LogP contribution in [0.4, 0.5) is 0 Å². The second-order valence-corrected chi connectivity index (χ2v) is 5.67. The molecule has 0 saturated carbocycles. The molecule has 1 aromatic heterocycles. The fraction of sp³-hybridized carbons (Fsp3) is 0.533. The molecule has 2 aromatic rings. The quantitative estimate of drug-likeness (QED) is 0.895. The molecule has 1 fully saturated rings. The third-order valence-corrected chi connectivity index (χ3v) is 4.40. The van der Waals surface area contributed by atoms with Gasteiger partial charge in [-0.1, -0.05) is 18.2 Å². The topological polar surface area (TPSA) is 64.9 Å². The average Bonchev–Trinajstić information content (AvgIpc) is 3.09. The summed E-state index contributed by atoms with van der Waals surface area (Å²) in [7, 11) is 1.98. The molecule has 0 bridgehead atoms. The maximum absolute atomic E-state index is 5.80. The van der Waals surface area contributed by atoms with Crippen molar-refractivity contribution < 1.29 is 4.74 Å². The van der Waals surface area contributed by atoms with Gasteiger partial charge in [0.1, 0.15) is 0 Å². The predicted molar refractivity (Wildman–Crippen MR) is 79.2 cm³/mol. The first kappa shape index (κ1) is 14.2. The van der Waals surface area contributed by atoms with Crippen LogP contribution >= 0.6 is 0 Å². The largest absolute Gasteiger partial charge is 0.378 e. The molecule has 2 heterocycles. The summed E-state index contributed by atoms with van der Waals surface area (Å²) in [5.74, 6) is 0.883. The van der Waals surface area contributed by atoms with E-state index in [1.807, 2.05) is 42.1 Å². The van der Waals surface area contributed by atoms with Crippen LogP contribution in [0.1, 0.15) is 19.2 Å². The molecule has 21 heavy (non-hydrogen) atoms. The van der Waals surface area contributed by atoms with E-state index in [0.717, 1.165) is 37.5 Å². The minimum absolute atomic E-state index is 0.0516. The second-order valence-electron chi connectivity index (χ2n) is 5.67. The third-order valence-electron chi connectivity index (χ3n) is 4.40. The first-order valence-electron chi connectivity index (χ1n) is 7.34. The summed E-state index contributed by atoms with van der Waals surface area (Å²) in [6, 6.07) is 10.00. The fourth-order valence-corrected chi connectivity index (χ4v) is 3.10. The number of nitrogens with one attached hydrogen (secondary N) is 1. The SMILES string of the molecule is CNCC1(Cc2nnnn2-c2ccccc2)CCOC1C. The number of para-hydroxylation sites is 1. The highest BCUT2D eigenvalue weighted by molar-refractivity contribution is 5.30. The van der Waals surface area contributed by atoms with Crippen LogP contribution < -0.4 is 5.32 Å². The van der Waals surface area contributed by atoms with Crippen molar-refractivity contribution in [3.63, 3.8) is 0 Å². The van der Waals surface area contributed by atoms with Gasteiger partial charge in [-0.2, -0.15) is 4.68 Å². The molecule has 112 valence electrons. The number of aromatic nitrogens is 4. The van der Waals surface area contributed by atoms with E-state index in [1.165, 1.54) is 0 Å². The van der Waals surface area contributed by atoms with Crippen molar-refractivity contribution in [1.29, 1.82) is 0 Å². The molecule has 2 unspecified atom stereocenters. The minimum atomic E-state index is 0.0516. The van der Waals surface area contributed by atoms with E-state index < -0.39 is 0 Å². The fourth-order valence-electron chi connectivity index (χ4n) is 3.10. The van der Waals surface area contributed by atoms with E-state index >= 15 is 0 Å². The number of benzene rings is 1. The zero-order chi connectivity index (χ0) is 14.7. The first-order valence-corrected chi connectivity index (χ1v) is 7.34. The van der Waals surface area contributed by atoms with Crippen LogP contribution in [-0.4, -0.2) is 46.5 Å². The van der Waals surface area contributed by atoms with Crippen molar-refractivity contribution in [3.8, 4) is 5.69 Å². The molecule has 1 saturated heterocycles. The normalized spacial score (nSPS) is 25.3. The lowest BCUT2D eigenvalue weighted by molar-refractivity contribution is 0.0627. The maximum Gasteiger partial charge on any atom is 0.157 e. The zero-order valence-corrected chi connectivity index (χ0v) is 12.5. The Morgan fingerprint density at radius 2 is 2.19 bits per heavy atom. The number of nitrogens with zero attached hydrogens (tertiary/aromatic N) is 4. The Bertz CT molecular complexity index is 585. The van der Waals surface area contributed by atoms with Gasteiger partial charge in [-0.3, -0.25) is 0 Å². The van der Waals surface area contributed by atoms with Gasteiger partial charge in [0.05, 0.1) is 11.8 Å². The van der Waals surface area contributed by atoms with Gasteiger partial charge in [-0.25, -0.2) is 0 Å². The van der Waals surface area contributed by atoms with Crippen LogP contribution in [0.2, 0.25) is 0 Å². The molecule has 0 spiro atoms. The van der Waals surface area contributed by atoms with Gasteiger partial charge in [0.25, 0.3) is 0 Å². The predicted octanol–water partition coefficient (Wildman–Crippen LogP) is 1.22. The number of hydrogen-bond donors (Lipinski definition) is 1. The zero-order valence-electron chi connectivity index (χ0n) is 12.5. The number of hydrogen-bond acceptors (Lipinski definition) is 5. The Balaban J connectivity index is 1.90. The maximum atomic E-state index is 5.80. The Labute approximate surface area is 124 Å². The summed E-state index contributed by atoms with van der Waals surface area (Å²) in [5, 5.41) is 15.5. The smallest absolute Gasteiger partial charge is 0.157 e. The van der Waals surface area contributed by atoms with Crippen molar-refractivity contribution in [1.82, 2.24) is 25.5 Å². The van der Waals surface area contributed by atoms with Crippen LogP contribution in [0.5, 0.6) is 0 Å². The monoisotopic (exact) mass is 287 g/mol. The average molecular weight is 287 g/mol. The molecule has 0 amide bonds. The van der Waals surface area contributed by atoms with Gasteiger partial charge in [0.2, 0.25) is 0 Å². The summed E-state index contributed by atoms with van der Waals surface area (Å²) in [6.07, 6.45) is 2.03.